The number of nitrogens with zero attached hydrogens (tertiary/aromatic N) is 4. The van der Waals surface area contributed by atoms with Crippen molar-refractivity contribution in [1.29, 1.82) is 0 Å². The van der Waals surface area contributed by atoms with Crippen molar-refractivity contribution >= 4 is 5.91 Å². The Morgan fingerprint density at radius 1 is 1.43 bits per heavy atom. The van der Waals surface area contributed by atoms with Crippen LogP contribution < -0.4 is 0 Å². The quantitative estimate of drug-likeness (QED) is 0.873. The van der Waals surface area contributed by atoms with E-state index in [2.05, 4.69) is 14.7 Å². The summed E-state index contributed by atoms with van der Waals surface area (Å²) in [5.74, 6) is 1.86. The van der Waals surface area contributed by atoms with E-state index >= 15 is 0 Å². The van der Waals surface area contributed by atoms with Crippen LogP contribution in [0.5, 0.6) is 0 Å². The lowest BCUT2D eigenvalue weighted by Crippen LogP contribution is -2.39. The minimum atomic E-state index is -0.0694. The lowest BCUT2D eigenvalue weighted by molar-refractivity contribution is 0.0661. The van der Waals surface area contributed by atoms with E-state index in [9.17, 15) is 4.79 Å². The molecule has 0 saturated carbocycles. The Hall–Kier alpha value is -2.11. The molecule has 6 heteroatoms. The number of carbonyl (C=O) groups is 1. The summed E-state index contributed by atoms with van der Waals surface area (Å²) in [6, 6.07) is 1.77. The molecular weight excluding hydrogens is 292 g/mol. The van der Waals surface area contributed by atoms with Crippen molar-refractivity contribution in [3.05, 3.63) is 35.2 Å². The third kappa shape index (κ3) is 3.16. The molecule has 3 rings (SSSR count). The number of piperidine rings is 1. The number of hydrogen-bond donors (Lipinski definition) is 0. The SMILES string of the molecule is Cc1cn(C)c(C2CCCN(C(=O)c3cc(C(C)C)no3)C2)n1. The molecule has 0 N–H and O–H groups in total. The third-order valence-corrected chi connectivity index (χ3v) is 4.44. The van der Waals surface area contributed by atoms with Crippen molar-refractivity contribution in [1.82, 2.24) is 19.6 Å². The number of likely N-dealkylation sites (tertiary alicyclic amines) is 1. The summed E-state index contributed by atoms with van der Waals surface area (Å²) < 4.78 is 7.32. The molecule has 0 bridgehead atoms. The maximum atomic E-state index is 12.7. The van der Waals surface area contributed by atoms with E-state index < -0.39 is 0 Å². The fourth-order valence-corrected chi connectivity index (χ4v) is 3.20. The van der Waals surface area contributed by atoms with E-state index in [4.69, 9.17) is 4.52 Å². The van der Waals surface area contributed by atoms with Crippen LogP contribution in [-0.4, -0.2) is 38.6 Å². The number of amides is 1. The fraction of sp³-hybridized carbons (Fsp3) is 0.588. The van der Waals surface area contributed by atoms with Crippen molar-refractivity contribution in [2.75, 3.05) is 13.1 Å². The first-order valence-corrected chi connectivity index (χ1v) is 8.21. The number of aromatic nitrogens is 3. The van der Waals surface area contributed by atoms with Crippen LogP contribution in [-0.2, 0) is 7.05 Å². The van der Waals surface area contributed by atoms with Gasteiger partial charge in [0.25, 0.3) is 5.91 Å². The highest BCUT2D eigenvalue weighted by atomic mass is 16.5. The number of hydrogen-bond acceptors (Lipinski definition) is 4. The summed E-state index contributed by atoms with van der Waals surface area (Å²) in [5.41, 5.74) is 1.84. The predicted octanol–water partition coefficient (Wildman–Crippen LogP) is 2.86. The molecule has 1 aliphatic rings. The first-order chi connectivity index (χ1) is 11.0. The summed E-state index contributed by atoms with van der Waals surface area (Å²) >= 11 is 0. The molecule has 0 radical (unpaired) electrons. The van der Waals surface area contributed by atoms with Crippen molar-refractivity contribution in [2.45, 2.75) is 45.4 Å². The molecule has 0 aliphatic carbocycles. The van der Waals surface area contributed by atoms with Crippen molar-refractivity contribution in [2.24, 2.45) is 7.05 Å². The van der Waals surface area contributed by atoms with E-state index in [0.29, 0.717) is 12.3 Å². The molecule has 1 atom stereocenters. The Labute approximate surface area is 136 Å². The number of aryl methyl sites for hydroxylation is 2. The summed E-state index contributed by atoms with van der Waals surface area (Å²) in [6.45, 7) is 7.51. The van der Waals surface area contributed by atoms with Gasteiger partial charge in [0.15, 0.2) is 0 Å². The van der Waals surface area contributed by atoms with E-state index in [0.717, 1.165) is 36.6 Å². The molecule has 3 heterocycles. The molecule has 2 aromatic heterocycles. The smallest absolute Gasteiger partial charge is 0.292 e. The van der Waals surface area contributed by atoms with Gasteiger partial charge in [0.1, 0.15) is 5.82 Å². The van der Waals surface area contributed by atoms with Crippen LogP contribution in [0, 0.1) is 6.92 Å². The third-order valence-electron chi connectivity index (χ3n) is 4.44. The monoisotopic (exact) mass is 316 g/mol. The molecule has 23 heavy (non-hydrogen) atoms. The second kappa shape index (κ2) is 6.18. The highest BCUT2D eigenvalue weighted by molar-refractivity contribution is 5.91. The van der Waals surface area contributed by atoms with Gasteiger partial charge in [-0.1, -0.05) is 19.0 Å². The minimum absolute atomic E-state index is 0.0694. The Balaban J connectivity index is 1.75. The molecule has 1 amide bonds. The van der Waals surface area contributed by atoms with Gasteiger partial charge in [-0.05, 0) is 25.7 Å². The summed E-state index contributed by atoms with van der Waals surface area (Å²) in [6.07, 6.45) is 4.07. The van der Waals surface area contributed by atoms with Crippen molar-refractivity contribution in [3.63, 3.8) is 0 Å². The van der Waals surface area contributed by atoms with Gasteiger partial charge < -0.3 is 14.0 Å². The van der Waals surface area contributed by atoms with Gasteiger partial charge in [-0.15, -0.1) is 0 Å². The van der Waals surface area contributed by atoms with Gasteiger partial charge in [-0.3, -0.25) is 4.79 Å². The lowest BCUT2D eigenvalue weighted by Gasteiger charge is -2.31. The first-order valence-electron chi connectivity index (χ1n) is 8.21. The van der Waals surface area contributed by atoms with Gasteiger partial charge in [-0.2, -0.15) is 0 Å². The summed E-state index contributed by atoms with van der Waals surface area (Å²) in [5, 5.41) is 3.99. The molecular formula is C17H24N4O2. The average molecular weight is 316 g/mol. The summed E-state index contributed by atoms with van der Waals surface area (Å²) in [4.78, 5) is 19.1. The predicted molar refractivity (Wildman–Crippen MR) is 86.4 cm³/mol. The van der Waals surface area contributed by atoms with Crippen LogP contribution >= 0.6 is 0 Å². The van der Waals surface area contributed by atoms with Crippen LogP contribution in [0.2, 0.25) is 0 Å². The Bertz CT molecular complexity index is 701. The highest BCUT2D eigenvalue weighted by Gasteiger charge is 2.29. The van der Waals surface area contributed by atoms with Crippen LogP contribution in [0.15, 0.2) is 16.8 Å². The Kier molecular flexibility index (Phi) is 4.24. The number of carbonyl (C=O) groups excluding carboxylic acids is 1. The number of rotatable bonds is 3. The molecule has 2 aromatic rings. The van der Waals surface area contributed by atoms with Crippen LogP contribution in [0.3, 0.4) is 0 Å². The molecule has 0 aromatic carbocycles. The molecule has 1 unspecified atom stereocenters. The zero-order chi connectivity index (χ0) is 16.6. The Morgan fingerprint density at radius 2 is 2.22 bits per heavy atom. The topological polar surface area (TPSA) is 64.2 Å². The Morgan fingerprint density at radius 3 is 2.83 bits per heavy atom. The minimum Gasteiger partial charge on any atom is -0.351 e. The molecule has 1 aliphatic heterocycles. The van der Waals surface area contributed by atoms with Crippen LogP contribution in [0.1, 0.15) is 66.3 Å². The van der Waals surface area contributed by atoms with Crippen molar-refractivity contribution in [3.8, 4) is 0 Å². The standard InChI is InChI=1S/C17H24N4O2/c1-11(2)14-8-15(23-19-14)17(22)21-7-5-6-13(10-21)16-18-12(3)9-20(16)4/h8-9,11,13H,5-7,10H2,1-4H3. The fourth-order valence-electron chi connectivity index (χ4n) is 3.20. The van der Waals surface area contributed by atoms with E-state index in [1.807, 2.05) is 38.9 Å². The lowest BCUT2D eigenvalue weighted by atomic mass is 9.97. The molecule has 1 fully saturated rings. The van der Waals surface area contributed by atoms with Gasteiger partial charge in [0.05, 0.1) is 11.4 Å². The zero-order valence-corrected chi connectivity index (χ0v) is 14.2. The first kappa shape index (κ1) is 15.8. The van der Waals surface area contributed by atoms with Gasteiger partial charge >= 0.3 is 0 Å². The second-order valence-corrected chi connectivity index (χ2v) is 6.71. The van der Waals surface area contributed by atoms with Gasteiger partial charge in [-0.25, -0.2) is 4.98 Å². The van der Waals surface area contributed by atoms with Gasteiger partial charge in [0, 0.05) is 38.3 Å². The normalized spacial score (nSPS) is 18.7. The van der Waals surface area contributed by atoms with Crippen LogP contribution in [0.25, 0.3) is 0 Å². The molecule has 1 saturated heterocycles. The van der Waals surface area contributed by atoms with Crippen LogP contribution in [0.4, 0.5) is 0 Å². The second-order valence-electron chi connectivity index (χ2n) is 6.71. The molecule has 0 spiro atoms. The number of imidazole rings is 1. The summed E-state index contributed by atoms with van der Waals surface area (Å²) in [7, 11) is 2.02. The maximum absolute atomic E-state index is 12.7. The zero-order valence-electron chi connectivity index (χ0n) is 14.2. The van der Waals surface area contributed by atoms with Gasteiger partial charge in [0.2, 0.25) is 5.76 Å². The van der Waals surface area contributed by atoms with E-state index in [-0.39, 0.29) is 17.7 Å². The van der Waals surface area contributed by atoms with E-state index in [1.165, 1.54) is 0 Å². The maximum Gasteiger partial charge on any atom is 0.292 e. The molecule has 124 valence electrons. The van der Waals surface area contributed by atoms with E-state index in [1.54, 1.807) is 6.07 Å². The highest BCUT2D eigenvalue weighted by Crippen LogP contribution is 2.27. The van der Waals surface area contributed by atoms with Crippen molar-refractivity contribution < 1.29 is 9.32 Å². The average Bonchev–Trinajstić information content (AvgIpc) is 3.13. The largest absolute Gasteiger partial charge is 0.351 e. The molecule has 6 nitrogen and oxygen atoms in total.